The van der Waals surface area contributed by atoms with Crippen LogP contribution in [0, 0.1) is 6.92 Å². The molecule has 0 saturated carbocycles. The lowest BCUT2D eigenvalue weighted by Crippen LogP contribution is -2.19. The van der Waals surface area contributed by atoms with E-state index in [0.29, 0.717) is 27.5 Å². The standard InChI is InChI=1S/C24H18BrClN2O2S/c1-15-2-9-19(10-3-15)27-24-28-23(29)22(31-24)13-17-6-11-21(20(26)12-17)30-14-16-4-7-18(25)8-5-16/h2-13H,14H2,1H3,(H,27,28,29)/b22-13-. The van der Waals surface area contributed by atoms with Gasteiger partial charge in [-0.2, -0.15) is 0 Å². The summed E-state index contributed by atoms with van der Waals surface area (Å²) in [4.78, 5) is 17.4. The molecule has 7 heteroatoms. The largest absolute Gasteiger partial charge is 0.487 e. The summed E-state index contributed by atoms with van der Waals surface area (Å²) in [5, 5.41) is 3.85. The van der Waals surface area contributed by atoms with E-state index in [0.717, 1.165) is 26.9 Å². The average molecular weight is 514 g/mol. The monoisotopic (exact) mass is 512 g/mol. The van der Waals surface area contributed by atoms with Crippen molar-refractivity contribution in [2.45, 2.75) is 13.5 Å². The zero-order chi connectivity index (χ0) is 21.8. The van der Waals surface area contributed by atoms with E-state index >= 15 is 0 Å². The molecule has 0 radical (unpaired) electrons. The van der Waals surface area contributed by atoms with Gasteiger partial charge in [0.1, 0.15) is 12.4 Å². The van der Waals surface area contributed by atoms with Gasteiger partial charge in [0.15, 0.2) is 5.17 Å². The van der Waals surface area contributed by atoms with Gasteiger partial charge >= 0.3 is 0 Å². The highest BCUT2D eigenvalue weighted by Crippen LogP contribution is 2.31. The summed E-state index contributed by atoms with van der Waals surface area (Å²) in [6, 6.07) is 21.2. The molecule has 1 aliphatic heterocycles. The molecule has 0 unspecified atom stereocenters. The molecule has 0 spiro atoms. The van der Waals surface area contributed by atoms with E-state index in [9.17, 15) is 4.79 Å². The number of amides is 1. The second-order valence-electron chi connectivity index (χ2n) is 6.92. The van der Waals surface area contributed by atoms with Crippen LogP contribution in [-0.4, -0.2) is 11.1 Å². The van der Waals surface area contributed by atoms with Crippen LogP contribution >= 0.6 is 39.3 Å². The van der Waals surface area contributed by atoms with Crippen molar-refractivity contribution < 1.29 is 9.53 Å². The first-order valence-electron chi connectivity index (χ1n) is 9.49. The molecule has 0 bridgehead atoms. The number of nitrogens with zero attached hydrogens (tertiary/aromatic N) is 1. The van der Waals surface area contributed by atoms with Crippen LogP contribution in [0.3, 0.4) is 0 Å². The van der Waals surface area contributed by atoms with E-state index in [4.69, 9.17) is 16.3 Å². The number of amidine groups is 1. The molecule has 1 amide bonds. The van der Waals surface area contributed by atoms with Gasteiger partial charge < -0.3 is 10.1 Å². The molecule has 31 heavy (non-hydrogen) atoms. The number of nitrogens with one attached hydrogen (secondary N) is 1. The van der Waals surface area contributed by atoms with Gasteiger partial charge in [-0.25, -0.2) is 4.99 Å². The summed E-state index contributed by atoms with van der Waals surface area (Å²) in [7, 11) is 0. The number of benzene rings is 3. The predicted octanol–water partition coefficient (Wildman–Crippen LogP) is 6.88. The van der Waals surface area contributed by atoms with Crippen molar-refractivity contribution in [3.05, 3.63) is 97.8 Å². The normalized spacial score (nSPS) is 16.0. The Morgan fingerprint density at radius 3 is 2.55 bits per heavy atom. The molecule has 0 aliphatic carbocycles. The van der Waals surface area contributed by atoms with Gasteiger partial charge in [-0.3, -0.25) is 4.79 Å². The number of hydrogen-bond acceptors (Lipinski definition) is 4. The van der Waals surface area contributed by atoms with Crippen LogP contribution in [0.2, 0.25) is 5.02 Å². The van der Waals surface area contributed by atoms with Crippen LogP contribution < -0.4 is 10.1 Å². The molecule has 156 valence electrons. The number of carbonyl (C=O) groups is 1. The highest BCUT2D eigenvalue weighted by atomic mass is 79.9. The van der Waals surface area contributed by atoms with Gasteiger partial charge in [-0.1, -0.05) is 63.4 Å². The highest BCUT2D eigenvalue weighted by molar-refractivity contribution is 9.10. The molecule has 3 aromatic rings. The Balaban J connectivity index is 1.44. The maximum atomic E-state index is 12.3. The van der Waals surface area contributed by atoms with Crippen molar-refractivity contribution in [2.24, 2.45) is 4.99 Å². The van der Waals surface area contributed by atoms with E-state index in [2.05, 4.69) is 26.2 Å². The van der Waals surface area contributed by atoms with Crippen molar-refractivity contribution in [3.8, 4) is 5.75 Å². The first kappa shape index (κ1) is 21.7. The molecule has 1 N–H and O–H groups in total. The fourth-order valence-corrected chi connectivity index (χ4v) is 4.18. The van der Waals surface area contributed by atoms with Crippen molar-refractivity contribution in [1.29, 1.82) is 0 Å². The molecule has 1 heterocycles. The summed E-state index contributed by atoms with van der Waals surface area (Å²) in [6.45, 7) is 2.44. The second kappa shape index (κ2) is 9.73. The lowest BCUT2D eigenvalue weighted by Gasteiger charge is -2.09. The third-order valence-electron chi connectivity index (χ3n) is 4.48. The molecule has 4 nitrogen and oxygen atoms in total. The molecular formula is C24H18BrClN2O2S. The topological polar surface area (TPSA) is 50.7 Å². The SMILES string of the molecule is Cc1ccc(N=C2NC(=O)/C(=C/c3ccc(OCc4ccc(Br)cc4)c(Cl)c3)S2)cc1. The lowest BCUT2D eigenvalue weighted by atomic mass is 10.2. The number of ether oxygens (including phenoxy) is 1. The summed E-state index contributed by atoms with van der Waals surface area (Å²) in [6.07, 6.45) is 1.79. The summed E-state index contributed by atoms with van der Waals surface area (Å²) < 4.78 is 6.85. The van der Waals surface area contributed by atoms with E-state index in [1.165, 1.54) is 11.8 Å². The smallest absolute Gasteiger partial charge is 0.264 e. The minimum Gasteiger partial charge on any atom is -0.487 e. The summed E-state index contributed by atoms with van der Waals surface area (Å²) in [5.41, 5.74) is 3.82. The predicted molar refractivity (Wildman–Crippen MR) is 132 cm³/mol. The van der Waals surface area contributed by atoms with Crippen LogP contribution in [0.5, 0.6) is 5.75 Å². The highest BCUT2D eigenvalue weighted by Gasteiger charge is 2.23. The molecule has 4 rings (SSSR count). The molecule has 1 aliphatic rings. The molecule has 3 aromatic carbocycles. The van der Waals surface area contributed by atoms with E-state index in [-0.39, 0.29) is 5.91 Å². The first-order chi connectivity index (χ1) is 15.0. The number of aliphatic imine (C=N–C) groups is 1. The van der Waals surface area contributed by atoms with E-state index in [1.54, 1.807) is 12.1 Å². The number of thioether (sulfide) groups is 1. The zero-order valence-corrected chi connectivity index (χ0v) is 19.7. The molecule has 0 atom stereocenters. The Bertz CT molecular complexity index is 1180. The Labute approximate surface area is 198 Å². The Morgan fingerprint density at radius 2 is 1.84 bits per heavy atom. The number of carbonyl (C=O) groups excluding carboxylic acids is 1. The Morgan fingerprint density at radius 1 is 1.10 bits per heavy atom. The van der Waals surface area contributed by atoms with Crippen molar-refractivity contribution in [2.75, 3.05) is 0 Å². The van der Waals surface area contributed by atoms with Gasteiger partial charge in [0.2, 0.25) is 0 Å². The van der Waals surface area contributed by atoms with Crippen LogP contribution in [0.15, 0.2) is 81.1 Å². The lowest BCUT2D eigenvalue weighted by molar-refractivity contribution is -0.115. The van der Waals surface area contributed by atoms with Crippen LogP contribution in [0.4, 0.5) is 5.69 Å². The van der Waals surface area contributed by atoms with Gasteiger partial charge in [0.05, 0.1) is 15.6 Å². The number of halogens is 2. The van der Waals surface area contributed by atoms with Gasteiger partial charge in [0, 0.05) is 4.47 Å². The van der Waals surface area contributed by atoms with E-state index in [1.807, 2.05) is 67.6 Å². The molecule has 0 aromatic heterocycles. The number of aryl methyl sites for hydroxylation is 1. The quantitative estimate of drug-likeness (QED) is 0.378. The molecule has 1 fully saturated rings. The second-order valence-corrected chi connectivity index (χ2v) is 9.28. The first-order valence-corrected chi connectivity index (χ1v) is 11.5. The molecular weight excluding hydrogens is 496 g/mol. The maximum absolute atomic E-state index is 12.3. The van der Waals surface area contributed by atoms with Crippen LogP contribution in [0.25, 0.3) is 6.08 Å². The minimum atomic E-state index is -0.178. The van der Waals surface area contributed by atoms with Crippen LogP contribution in [0.1, 0.15) is 16.7 Å². The Hall–Kier alpha value is -2.54. The van der Waals surface area contributed by atoms with Gasteiger partial charge in [-0.05, 0) is 72.3 Å². The summed E-state index contributed by atoms with van der Waals surface area (Å²) in [5.74, 6) is 0.416. The Kier molecular flexibility index (Phi) is 6.80. The molecule has 1 saturated heterocycles. The minimum absolute atomic E-state index is 0.178. The average Bonchev–Trinajstić information content (AvgIpc) is 3.09. The van der Waals surface area contributed by atoms with Crippen molar-refractivity contribution in [1.82, 2.24) is 5.32 Å². The fraction of sp³-hybridized carbons (Fsp3) is 0.0833. The third-order valence-corrected chi connectivity index (χ3v) is 6.21. The van der Waals surface area contributed by atoms with E-state index < -0.39 is 0 Å². The third kappa shape index (κ3) is 5.79. The van der Waals surface area contributed by atoms with Crippen LogP contribution in [-0.2, 0) is 11.4 Å². The zero-order valence-electron chi connectivity index (χ0n) is 16.6. The maximum Gasteiger partial charge on any atom is 0.264 e. The van der Waals surface area contributed by atoms with Crippen molar-refractivity contribution >= 4 is 62.1 Å². The number of rotatable bonds is 5. The summed E-state index contributed by atoms with van der Waals surface area (Å²) >= 11 is 11.1. The van der Waals surface area contributed by atoms with Crippen molar-refractivity contribution in [3.63, 3.8) is 0 Å². The fourth-order valence-electron chi connectivity index (χ4n) is 2.83. The number of hydrogen-bond donors (Lipinski definition) is 1. The van der Waals surface area contributed by atoms with Gasteiger partial charge in [0.25, 0.3) is 5.91 Å². The van der Waals surface area contributed by atoms with Gasteiger partial charge in [-0.15, -0.1) is 0 Å².